The Hall–Kier alpha value is -2.29. The Labute approximate surface area is 230 Å². The van der Waals surface area contributed by atoms with Crippen LogP contribution in [0.4, 0.5) is 5.13 Å². The number of carbonyl (C=O) groups is 2. The van der Waals surface area contributed by atoms with Crippen molar-refractivity contribution < 1.29 is 19.8 Å². The molecule has 6 atom stereocenters. The number of carbonyl (C=O) groups excluding carboxylic acids is 2. The summed E-state index contributed by atoms with van der Waals surface area (Å²) in [6, 6.07) is 9.76. The van der Waals surface area contributed by atoms with E-state index in [9.17, 15) is 19.8 Å². The molecule has 0 spiro atoms. The quantitative estimate of drug-likeness (QED) is 0.385. The van der Waals surface area contributed by atoms with Crippen molar-refractivity contribution in [3.63, 3.8) is 0 Å². The Morgan fingerprint density at radius 1 is 1.18 bits per heavy atom. The van der Waals surface area contributed by atoms with E-state index in [2.05, 4.69) is 17.6 Å². The Morgan fingerprint density at radius 2 is 1.87 bits per heavy atom. The summed E-state index contributed by atoms with van der Waals surface area (Å²) in [4.78, 5) is 32.1. The zero-order chi connectivity index (χ0) is 27.9. The fourth-order valence-corrected chi connectivity index (χ4v) is 7.74. The van der Waals surface area contributed by atoms with Gasteiger partial charge in [-0.3, -0.25) is 9.59 Å². The van der Waals surface area contributed by atoms with Gasteiger partial charge < -0.3 is 20.8 Å². The number of anilines is 1. The monoisotopic (exact) mass is 541 g/mol. The molecule has 2 aromatic rings. The molecule has 38 heavy (non-hydrogen) atoms. The number of amides is 2. The largest absolute Gasteiger partial charge is 0.396 e. The third-order valence-corrected chi connectivity index (χ3v) is 9.91. The van der Waals surface area contributed by atoms with Crippen LogP contribution >= 0.6 is 11.3 Å². The van der Waals surface area contributed by atoms with Gasteiger partial charge in [0.1, 0.15) is 0 Å². The van der Waals surface area contributed by atoms with Crippen molar-refractivity contribution in [3.05, 3.63) is 46.5 Å². The lowest BCUT2D eigenvalue weighted by Gasteiger charge is -2.58. The van der Waals surface area contributed by atoms with E-state index < -0.39 is 11.5 Å². The predicted molar refractivity (Wildman–Crippen MR) is 151 cm³/mol. The smallest absolute Gasteiger partial charge is 0.226 e. The number of rotatable bonds is 7. The molecule has 208 valence electrons. The predicted octanol–water partition coefficient (Wildman–Crippen LogP) is 5.20. The zero-order valence-electron chi connectivity index (χ0n) is 23.5. The Bertz CT molecular complexity index is 1160. The first-order chi connectivity index (χ1) is 17.8. The van der Waals surface area contributed by atoms with E-state index in [-0.39, 0.29) is 53.5 Å². The molecule has 4 rings (SSSR count). The third-order valence-electron chi connectivity index (χ3n) is 8.90. The highest BCUT2D eigenvalue weighted by Crippen LogP contribution is 2.62. The molecule has 1 heterocycles. The van der Waals surface area contributed by atoms with E-state index in [1.807, 2.05) is 65.0 Å². The van der Waals surface area contributed by atoms with Crippen molar-refractivity contribution in [1.29, 1.82) is 0 Å². The molecule has 7 nitrogen and oxygen atoms in total. The van der Waals surface area contributed by atoms with Crippen LogP contribution in [0.2, 0.25) is 0 Å². The van der Waals surface area contributed by atoms with E-state index in [0.29, 0.717) is 24.4 Å². The van der Waals surface area contributed by atoms with Crippen molar-refractivity contribution in [2.45, 2.75) is 91.7 Å². The van der Waals surface area contributed by atoms with Crippen molar-refractivity contribution in [2.75, 3.05) is 11.9 Å². The second-order valence-electron chi connectivity index (χ2n) is 13.1. The van der Waals surface area contributed by atoms with E-state index in [1.165, 1.54) is 11.3 Å². The number of fused-ring (bicyclic) bond motifs is 2. The molecule has 1 saturated carbocycles. The molecule has 1 fully saturated rings. The number of aliphatic hydroxyl groups excluding tert-OH is 2. The lowest BCUT2D eigenvalue weighted by molar-refractivity contribution is -0.144. The Kier molecular flexibility index (Phi) is 8.09. The lowest BCUT2D eigenvalue weighted by Crippen LogP contribution is -2.57. The van der Waals surface area contributed by atoms with Crippen LogP contribution in [0, 0.1) is 22.2 Å². The summed E-state index contributed by atoms with van der Waals surface area (Å²) < 4.78 is 0. The number of hydrogen-bond acceptors (Lipinski definition) is 6. The second-order valence-corrected chi connectivity index (χ2v) is 14.1. The van der Waals surface area contributed by atoms with Crippen molar-refractivity contribution in [2.24, 2.45) is 22.2 Å². The average molecular weight is 542 g/mol. The van der Waals surface area contributed by atoms with Crippen molar-refractivity contribution in [3.8, 4) is 0 Å². The van der Waals surface area contributed by atoms with Crippen LogP contribution in [0.15, 0.2) is 30.3 Å². The van der Waals surface area contributed by atoms with E-state index in [1.54, 1.807) is 0 Å². The van der Waals surface area contributed by atoms with Crippen LogP contribution in [0.25, 0.3) is 0 Å². The number of thiazole rings is 1. The van der Waals surface area contributed by atoms with Gasteiger partial charge in [0.25, 0.3) is 0 Å². The molecule has 0 aliphatic heterocycles. The highest BCUT2D eigenvalue weighted by atomic mass is 32.1. The summed E-state index contributed by atoms with van der Waals surface area (Å²) >= 11 is 1.46. The normalized spacial score (nSPS) is 29.6. The van der Waals surface area contributed by atoms with Crippen molar-refractivity contribution >= 4 is 28.3 Å². The maximum Gasteiger partial charge on any atom is 0.226 e. The highest BCUT2D eigenvalue weighted by Gasteiger charge is 2.59. The van der Waals surface area contributed by atoms with Crippen LogP contribution in [0.1, 0.15) is 95.3 Å². The SMILES string of the molecule is CC(NC(=O)CC1c2nc(NC(=O)CC(C)(C)C)sc2CC2C(C)(CO)C(O)CCC12C)c1ccccc1. The third kappa shape index (κ3) is 5.68. The van der Waals surface area contributed by atoms with E-state index in [4.69, 9.17) is 4.98 Å². The van der Waals surface area contributed by atoms with Crippen molar-refractivity contribution in [1.82, 2.24) is 10.3 Å². The Morgan fingerprint density at radius 3 is 2.50 bits per heavy atom. The van der Waals surface area contributed by atoms with Gasteiger partial charge in [-0.25, -0.2) is 4.98 Å². The summed E-state index contributed by atoms with van der Waals surface area (Å²) in [6.45, 7) is 12.1. The number of aromatic nitrogens is 1. The topological polar surface area (TPSA) is 112 Å². The average Bonchev–Trinajstić information content (AvgIpc) is 3.24. The molecule has 1 aromatic heterocycles. The van der Waals surface area contributed by atoms with Crippen LogP contribution in [-0.2, 0) is 16.0 Å². The second kappa shape index (κ2) is 10.7. The van der Waals surface area contributed by atoms with Gasteiger partial charge in [-0.15, -0.1) is 11.3 Å². The van der Waals surface area contributed by atoms with Gasteiger partial charge in [0.2, 0.25) is 11.8 Å². The fourth-order valence-electron chi connectivity index (χ4n) is 6.66. The maximum absolute atomic E-state index is 13.5. The summed E-state index contributed by atoms with van der Waals surface area (Å²) in [5.74, 6) is -0.350. The van der Waals surface area contributed by atoms with Gasteiger partial charge in [-0.1, -0.05) is 65.0 Å². The van der Waals surface area contributed by atoms with Crippen LogP contribution < -0.4 is 10.6 Å². The lowest BCUT2D eigenvalue weighted by atomic mass is 9.47. The van der Waals surface area contributed by atoms with Gasteiger partial charge in [0.05, 0.1) is 24.4 Å². The van der Waals surface area contributed by atoms with E-state index in [0.717, 1.165) is 22.6 Å². The van der Waals surface area contributed by atoms with Gasteiger partial charge in [-0.05, 0) is 48.5 Å². The summed E-state index contributed by atoms with van der Waals surface area (Å²) in [5, 5.41) is 28.1. The Balaban J connectivity index is 1.66. The van der Waals surface area contributed by atoms with Gasteiger partial charge in [0.15, 0.2) is 5.13 Å². The van der Waals surface area contributed by atoms with E-state index >= 15 is 0 Å². The minimum absolute atomic E-state index is 0.0285. The first-order valence-electron chi connectivity index (χ1n) is 13.7. The summed E-state index contributed by atoms with van der Waals surface area (Å²) in [7, 11) is 0. The first kappa shape index (κ1) is 28.7. The number of aliphatic hydroxyl groups is 2. The highest BCUT2D eigenvalue weighted by molar-refractivity contribution is 7.15. The van der Waals surface area contributed by atoms with Crippen LogP contribution in [-0.4, -0.2) is 39.7 Å². The fraction of sp³-hybridized carbons (Fsp3) is 0.633. The minimum atomic E-state index is -0.684. The molecule has 2 aliphatic rings. The molecule has 4 N–H and O–H groups in total. The summed E-state index contributed by atoms with van der Waals surface area (Å²) in [6.07, 6.45) is 1.99. The van der Waals surface area contributed by atoms with Crippen LogP contribution in [0.3, 0.4) is 0 Å². The molecular formula is C30H43N3O4S. The van der Waals surface area contributed by atoms with Gasteiger partial charge in [-0.2, -0.15) is 0 Å². The molecule has 0 saturated heterocycles. The molecular weight excluding hydrogens is 498 g/mol. The molecule has 8 heteroatoms. The molecule has 6 unspecified atom stereocenters. The molecule has 2 aliphatic carbocycles. The number of nitrogens with zero attached hydrogens (tertiary/aromatic N) is 1. The zero-order valence-corrected chi connectivity index (χ0v) is 24.3. The summed E-state index contributed by atoms with van der Waals surface area (Å²) in [5.41, 5.74) is 0.756. The maximum atomic E-state index is 13.5. The standard InChI is InChI=1S/C30H43N3O4S/c1-18(19-10-8-7-9-11-19)31-24(36)14-20-26-21(38-27(33-26)32-25(37)16-28(2,3)4)15-22-29(20,5)13-12-23(35)30(22,6)17-34/h7-11,18,20,22-23,34-35H,12-17H2,1-6H3,(H,31,36)(H,32,33,37). The number of benzene rings is 1. The van der Waals surface area contributed by atoms with Crippen LogP contribution in [0.5, 0.6) is 0 Å². The molecule has 0 bridgehead atoms. The molecule has 0 radical (unpaired) electrons. The van der Waals surface area contributed by atoms with Gasteiger partial charge >= 0.3 is 0 Å². The minimum Gasteiger partial charge on any atom is -0.396 e. The first-order valence-corrected chi connectivity index (χ1v) is 14.5. The van der Waals surface area contributed by atoms with Gasteiger partial charge in [0, 0.05) is 29.1 Å². The molecule has 1 aromatic carbocycles. The molecule has 2 amide bonds. The number of hydrogen-bond donors (Lipinski definition) is 4. The number of nitrogens with one attached hydrogen (secondary N) is 2.